The molecule has 2 bridgehead atoms. The number of ether oxygens (including phenoxy) is 1. The topological polar surface area (TPSA) is 97.3 Å². The van der Waals surface area contributed by atoms with Crippen LogP contribution in [0.4, 0.5) is 11.5 Å². The fourth-order valence-corrected chi connectivity index (χ4v) is 6.94. The lowest BCUT2D eigenvalue weighted by Gasteiger charge is -2.33. The molecule has 2 atom stereocenters. The van der Waals surface area contributed by atoms with Gasteiger partial charge in [0.25, 0.3) is 0 Å². The van der Waals surface area contributed by atoms with Crippen LogP contribution in [0.1, 0.15) is 24.1 Å². The number of morpholine rings is 1. The van der Waals surface area contributed by atoms with Gasteiger partial charge in [-0.15, -0.1) is 5.10 Å². The van der Waals surface area contributed by atoms with E-state index in [1.54, 1.807) is 34.9 Å². The zero-order valence-corrected chi connectivity index (χ0v) is 19.9. The number of hydrogen-bond acceptors (Lipinski definition) is 7. The lowest BCUT2D eigenvalue weighted by molar-refractivity contribution is 0.0269. The first kappa shape index (κ1) is 22.1. The molecule has 2 aliphatic rings. The Bertz CT molecular complexity index is 1460. The largest absolute Gasteiger partial charge is 0.378 e. The van der Waals surface area contributed by atoms with E-state index in [0.717, 1.165) is 34.9 Å². The lowest BCUT2D eigenvalue weighted by Crippen LogP contribution is -2.48. The number of aromatic nitrogens is 3. The number of nitrogens with one attached hydrogen (secondary N) is 1. The molecular weight excluding hydrogens is 462 g/mol. The molecule has 4 aromatic rings. The van der Waals surface area contributed by atoms with Crippen molar-refractivity contribution in [1.29, 1.82) is 0 Å². The maximum absolute atomic E-state index is 13.5. The van der Waals surface area contributed by atoms with Crippen LogP contribution in [0.15, 0.2) is 78.0 Å². The standard InChI is InChI=1S/C26H25N5O3S/c32-35(33,31-20-8-9-21(31)17-34-16-20)22-5-3-4-19(15-22)28-26-24-7-2-1-6-23(24)25(29-30-26)14-18-10-12-27-13-11-18/h1-7,10-13,15,20-21H,8-9,14,16-17H2,(H,28,30). The van der Waals surface area contributed by atoms with Gasteiger partial charge in [0, 0.05) is 47.4 Å². The molecule has 2 saturated heterocycles. The van der Waals surface area contributed by atoms with Crippen LogP contribution in [0.3, 0.4) is 0 Å². The quantitative estimate of drug-likeness (QED) is 0.440. The maximum Gasteiger partial charge on any atom is 0.243 e. The molecule has 2 fully saturated rings. The van der Waals surface area contributed by atoms with E-state index in [9.17, 15) is 8.42 Å². The van der Waals surface area contributed by atoms with E-state index in [4.69, 9.17) is 4.74 Å². The Morgan fingerprint density at radius 1 is 0.914 bits per heavy atom. The van der Waals surface area contributed by atoms with Gasteiger partial charge in [-0.1, -0.05) is 30.3 Å². The highest BCUT2D eigenvalue weighted by molar-refractivity contribution is 7.89. The Hall–Kier alpha value is -3.40. The van der Waals surface area contributed by atoms with Crippen molar-refractivity contribution in [3.05, 3.63) is 84.3 Å². The lowest BCUT2D eigenvalue weighted by atomic mass is 10.0. The third-order valence-electron chi connectivity index (χ3n) is 6.73. The predicted molar refractivity (Wildman–Crippen MR) is 133 cm³/mol. The summed E-state index contributed by atoms with van der Waals surface area (Å²) in [5, 5.41) is 14.2. The zero-order valence-electron chi connectivity index (χ0n) is 19.0. The van der Waals surface area contributed by atoms with E-state index in [2.05, 4.69) is 20.5 Å². The molecule has 9 heteroatoms. The highest BCUT2D eigenvalue weighted by atomic mass is 32.2. The summed E-state index contributed by atoms with van der Waals surface area (Å²) in [4.78, 5) is 4.35. The number of nitrogens with zero attached hydrogens (tertiary/aromatic N) is 4. The van der Waals surface area contributed by atoms with Gasteiger partial charge in [0.2, 0.25) is 10.0 Å². The molecule has 6 rings (SSSR count). The second-order valence-electron chi connectivity index (χ2n) is 8.98. The molecule has 35 heavy (non-hydrogen) atoms. The van der Waals surface area contributed by atoms with E-state index in [0.29, 0.717) is 31.1 Å². The van der Waals surface area contributed by atoms with Crippen molar-refractivity contribution >= 4 is 32.3 Å². The zero-order chi connectivity index (χ0) is 23.8. The van der Waals surface area contributed by atoms with Gasteiger partial charge in [0.15, 0.2) is 5.82 Å². The van der Waals surface area contributed by atoms with Crippen molar-refractivity contribution < 1.29 is 13.2 Å². The molecule has 0 amide bonds. The molecule has 2 aromatic heterocycles. The second kappa shape index (κ2) is 8.99. The minimum Gasteiger partial charge on any atom is -0.378 e. The minimum atomic E-state index is -3.62. The van der Waals surface area contributed by atoms with Crippen LogP contribution < -0.4 is 5.32 Å². The fourth-order valence-electron chi connectivity index (χ4n) is 5.05. The number of sulfonamides is 1. The average molecular weight is 488 g/mol. The van der Waals surface area contributed by atoms with Crippen LogP contribution in [0.5, 0.6) is 0 Å². The molecule has 0 spiro atoms. The van der Waals surface area contributed by atoms with Crippen LogP contribution in [-0.4, -0.2) is 53.2 Å². The summed E-state index contributed by atoms with van der Waals surface area (Å²) < 4.78 is 34.2. The summed E-state index contributed by atoms with van der Waals surface area (Å²) >= 11 is 0. The van der Waals surface area contributed by atoms with Gasteiger partial charge >= 0.3 is 0 Å². The molecule has 8 nitrogen and oxygen atoms in total. The summed E-state index contributed by atoms with van der Waals surface area (Å²) in [5.41, 5.74) is 2.62. The summed E-state index contributed by atoms with van der Waals surface area (Å²) in [6, 6.07) is 18.6. The molecule has 2 unspecified atom stereocenters. The highest BCUT2D eigenvalue weighted by Gasteiger charge is 2.45. The molecule has 4 heterocycles. The van der Waals surface area contributed by atoms with Crippen LogP contribution >= 0.6 is 0 Å². The summed E-state index contributed by atoms with van der Waals surface area (Å²) in [7, 11) is -3.62. The normalized spacial score (nSPS) is 20.2. The first-order chi connectivity index (χ1) is 17.1. The molecule has 0 aliphatic carbocycles. The molecule has 178 valence electrons. The number of pyridine rings is 1. The second-order valence-corrected chi connectivity index (χ2v) is 10.8. The summed E-state index contributed by atoms with van der Waals surface area (Å²) in [6.45, 7) is 0.919. The summed E-state index contributed by atoms with van der Waals surface area (Å²) in [5.74, 6) is 0.583. The molecular formula is C26H25N5O3S. The van der Waals surface area contributed by atoms with Gasteiger partial charge in [0.1, 0.15) is 0 Å². The minimum absolute atomic E-state index is 0.0851. The number of rotatable bonds is 6. The van der Waals surface area contributed by atoms with Gasteiger partial charge in [-0.3, -0.25) is 4.98 Å². The van der Waals surface area contributed by atoms with E-state index in [1.807, 2.05) is 42.5 Å². The third kappa shape index (κ3) is 4.16. The van der Waals surface area contributed by atoms with Crippen LogP contribution in [0.25, 0.3) is 10.8 Å². The highest BCUT2D eigenvalue weighted by Crippen LogP contribution is 2.35. The predicted octanol–water partition coefficient (Wildman–Crippen LogP) is 3.91. The van der Waals surface area contributed by atoms with Gasteiger partial charge in [-0.25, -0.2) is 8.42 Å². The van der Waals surface area contributed by atoms with Gasteiger partial charge in [-0.2, -0.15) is 9.40 Å². The smallest absolute Gasteiger partial charge is 0.243 e. The van der Waals surface area contributed by atoms with Crippen LogP contribution in [0, 0.1) is 0 Å². The maximum atomic E-state index is 13.5. The van der Waals surface area contributed by atoms with Crippen molar-refractivity contribution in [1.82, 2.24) is 19.5 Å². The van der Waals surface area contributed by atoms with E-state index >= 15 is 0 Å². The van der Waals surface area contributed by atoms with E-state index in [1.165, 1.54) is 0 Å². The molecule has 1 N–H and O–H groups in total. The van der Waals surface area contributed by atoms with Crippen molar-refractivity contribution in [2.45, 2.75) is 36.2 Å². The first-order valence-corrected chi connectivity index (χ1v) is 13.2. The molecule has 0 saturated carbocycles. The SMILES string of the molecule is O=S(=O)(c1cccc(Nc2nnc(Cc3ccncc3)c3ccccc23)c1)N1C2CCC1COC2. The molecule has 0 radical (unpaired) electrons. The average Bonchev–Trinajstić information content (AvgIpc) is 3.16. The van der Waals surface area contributed by atoms with E-state index < -0.39 is 10.0 Å². The Labute approximate surface area is 204 Å². The first-order valence-electron chi connectivity index (χ1n) is 11.7. The third-order valence-corrected chi connectivity index (χ3v) is 8.73. The van der Waals surface area contributed by atoms with Crippen molar-refractivity contribution in [2.24, 2.45) is 0 Å². The summed E-state index contributed by atoms with van der Waals surface area (Å²) in [6.07, 6.45) is 5.87. The van der Waals surface area contributed by atoms with Gasteiger partial charge < -0.3 is 10.1 Å². The van der Waals surface area contributed by atoms with Crippen LogP contribution in [0.2, 0.25) is 0 Å². The van der Waals surface area contributed by atoms with Crippen molar-refractivity contribution in [3.63, 3.8) is 0 Å². The number of fused-ring (bicyclic) bond motifs is 3. The number of hydrogen-bond donors (Lipinski definition) is 1. The van der Waals surface area contributed by atoms with E-state index in [-0.39, 0.29) is 17.0 Å². The number of anilines is 2. The Balaban J connectivity index is 1.31. The Morgan fingerprint density at radius 2 is 1.66 bits per heavy atom. The monoisotopic (exact) mass is 487 g/mol. The Morgan fingerprint density at radius 3 is 2.43 bits per heavy atom. The van der Waals surface area contributed by atoms with Crippen LogP contribution in [-0.2, 0) is 21.2 Å². The van der Waals surface area contributed by atoms with Gasteiger partial charge in [-0.05, 0) is 48.7 Å². The van der Waals surface area contributed by atoms with Crippen molar-refractivity contribution in [3.8, 4) is 0 Å². The fraction of sp³-hybridized carbons (Fsp3) is 0.269. The number of benzene rings is 2. The molecule has 2 aliphatic heterocycles. The van der Waals surface area contributed by atoms with Gasteiger partial charge in [0.05, 0.1) is 23.8 Å². The van der Waals surface area contributed by atoms with Crippen molar-refractivity contribution in [2.75, 3.05) is 18.5 Å². The Kier molecular flexibility index (Phi) is 5.68. The molecule has 2 aromatic carbocycles.